The molecule has 3 nitrogen and oxygen atoms in total. The minimum absolute atomic E-state index is 0.0875. The van der Waals surface area contributed by atoms with Crippen molar-refractivity contribution in [3.63, 3.8) is 0 Å². The van der Waals surface area contributed by atoms with Crippen molar-refractivity contribution in [2.45, 2.75) is 26.7 Å². The molecule has 0 saturated heterocycles. The van der Waals surface area contributed by atoms with E-state index < -0.39 is 9.84 Å². The SMILES string of the molecule is CCS(=O)(=O)CCCC(C)C(=O)c1ccccc1. The molecule has 0 saturated carbocycles. The summed E-state index contributed by atoms with van der Waals surface area (Å²) in [6.45, 7) is 3.50. The predicted octanol–water partition coefficient (Wildman–Crippen LogP) is 2.72. The quantitative estimate of drug-likeness (QED) is 0.714. The molecule has 1 unspecified atom stereocenters. The van der Waals surface area contributed by atoms with Crippen molar-refractivity contribution >= 4 is 15.6 Å². The first-order valence-electron chi connectivity index (χ1n) is 6.26. The van der Waals surface area contributed by atoms with Gasteiger partial charge < -0.3 is 0 Å². The minimum Gasteiger partial charge on any atom is -0.294 e. The van der Waals surface area contributed by atoms with Gasteiger partial charge in [0.25, 0.3) is 0 Å². The van der Waals surface area contributed by atoms with Crippen molar-refractivity contribution < 1.29 is 13.2 Å². The Bertz CT molecular complexity index is 477. The Labute approximate surface area is 109 Å². The van der Waals surface area contributed by atoms with Gasteiger partial charge in [-0.1, -0.05) is 44.2 Å². The molecule has 1 rings (SSSR count). The number of ketones is 1. The van der Waals surface area contributed by atoms with E-state index in [4.69, 9.17) is 0 Å². The molecule has 0 aliphatic carbocycles. The van der Waals surface area contributed by atoms with Crippen LogP contribution in [0.15, 0.2) is 30.3 Å². The molecule has 0 amide bonds. The molecule has 0 spiro atoms. The summed E-state index contributed by atoms with van der Waals surface area (Å²) < 4.78 is 22.7. The van der Waals surface area contributed by atoms with Gasteiger partial charge in [-0.15, -0.1) is 0 Å². The third-order valence-electron chi connectivity index (χ3n) is 3.04. The van der Waals surface area contributed by atoms with Gasteiger partial charge in [-0.2, -0.15) is 0 Å². The van der Waals surface area contributed by atoms with E-state index in [0.717, 1.165) is 0 Å². The highest BCUT2D eigenvalue weighted by molar-refractivity contribution is 7.91. The molecule has 100 valence electrons. The number of Topliss-reactive ketones (excluding diaryl/α,β-unsaturated/α-hetero) is 1. The van der Waals surface area contributed by atoms with Gasteiger partial charge >= 0.3 is 0 Å². The first-order valence-corrected chi connectivity index (χ1v) is 8.08. The van der Waals surface area contributed by atoms with E-state index >= 15 is 0 Å². The van der Waals surface area contributed by atoms with E-state index in [1.165, 1.54) is 0 Å². The summed E-state index contributed by atoms with van der Waals surface area (Å²) in [7, 11) is -2.92. The first kappa shape index (κ1) is 14.9. The van der Waals surface area contributed by atoms with Gasteiger partial charge in [0.15, 0.2) is 5.78 Å². The Balaban J connectivity index is 2.47. The number of carbonyl (C=O) groups excluding carboxylic acids is 1. The molecular formula is C14H20O3S. The molecular weight excluding hydrogens is 248 g/mol. The average Bonchev–Trinajstić information content (AvgIpc) is 2.38. The van der Waals surface area contributed by atoms with Crippen LogP contribution < -0.4 is 0 Å². The Kier molecular flexibility index (Phi) is 5.54. The summed E-state index contributed by atoms with van der Waals surface area (Å²) in [5.74, 6) is 0.313. The smallest absolute Gasteiger partial charge is 0.165 e. The summed E-state index contributed by atoms with van der Waals surface area (Å²) in [6.07, 6.45) is 1.17. The Morgan fingerprint density at radius 2 is 1.83 bits per heavy atom. The Morgan fingerprint density at radius 1 is 1.22 bits per heavy atom. The number of hydrogen-bond donors (Lipinski definition) is 0. The second-order valence-electron chi connectivity index (χ2n) is 4.51. The fraction of sp³-hybridized carbons (Fsp3) is 0.500. The molecule has 0 aliphatic heterocycles. The molecule has 0 aliphatic rings. The van der Waals surface area contributed by atoms with E-state index in [2.05, 4.69) is 0 Å². The maximum atomic E-state index is 12.0. The number of benzene rings is 1. The van der Waals surface area contributed by atoms with Crippen LogP contribution >= 0.6 is 0 Å². The lowest BCUT2D eigenvalue weighted by Gasteiger charge is -2.10. The lowest BCUT2D eigenvalue weighted by atomic mass is 9.95. The fourth-order valence-electron chi connectivity index (χ4n) is 1.77. The molecule has 4 heteroatoms. The number of rotatable bonds is 7. The van der Waals surface area contributed by atoms with Crippen molar-refractivity contribution in [2.75, 3.05) is 11.5 Å². The summed E-state index contributed by atoms with van der Waals surface area (Å²) in [5, 5.41) is 0. The first-order chi connectivity index (χ1) is 8.46. The third kappa shape index (κ3) is 4.61. The highest BCUT2D eigenvalue weighted by Crippen LogP contribution is 2.14. The highest BCUT2D eigenvalue weighted by Gasteiger charge is 2.16. The van der Waals surface area contributed by atoms with Gasteiger partial charge in [0.05, 0.1) is 5.75 Å². The molecule has 0 fully saturated rings. The van der Waals surface area contributed by atoms with Gasteiger partial charge in [0.2, 0.25) is 0 Å². The van der Waals surface area contributed by atoms with Crippen LogP contribution in [0.25, 0.3) is 0 Å². The summed E-state index contributed by atoms with van der Waals surface area (Å²) in [5.41, 5.74) is 0.698. The van der Waals surface area contributed by atoms with Crippen molar-refractivity contribution in [1.82, 2.24) is 0 Å². The predicted molar refractivity (Wildman–Crippen MR) is 73.5 cm³/mol. The maximum Gasteiger partial charge on any atom is 0.165 e. The minimum atomic E-state index is -2.92. The topological polar surface area (TPSA) is 51.2 Å². The zero-order valence-corrected chi connectivity index (χ0v) is 11.7. The van der Waals surface area contributed by atoms with E-state index in [1.54, 1.807) is 19.1 Å². The van der Waals surface area contributed by atoms with Gasteiger partial charge in [-0.25, -0.2) is 8.42 Å². The van der Waals surface area contributed by atoms with Gasteiger partial charge in [0, 0.05) is 17.2 Å². The largest absolute Gasteiger partial charge is 0.294 e. The van der Waals surface area contributed by atoms with Crippen molar-refractivity contribution in [2.24, 2.45) is 5.92 Å². The maximum absolute atomic E-state index is 12.0. The summed E-state index contributed by atoms with van der Waals surface area (Å²) >= 11 is 0. The lowest BCUT2D eigenvalue weighted by molar-refractivity contribution is 0.0923. The van der Waals surface area contributed by atoms with E-state index in [0.29, 0.717) is 18.4 Å². The lowest BCUT2D eigenvalue weighted by Crippen LogP contribution is -2.14. The molecule has 0 radical (unpaired) electrons. The van der Waals surface area contributed by atoms with Crippen LogP contribution in [0.5, 0.6) is 0 Å². The Hall–Kier alpha value is -1.16. The van der Waals surface area contributed by atoms with Gasteiger partial charge in [-0.3, -0.25) is 4.79 Å². The molecule has 0 aromatic heterocycles. The van der Waals surface area contributed by atoms with Crippen LogP contribution in [0.1, 0.15) is 37.0 Å². The summed E-state index contributed by atoms with van der Waals surface area (Å²) in [6, 6.07) is 9.13. The van der Waals surface area contributed by atoms with Crippen LogP contribution in [0.4, 0.5) is 0 Å². The van der Waals surface area contributed by atoms with Crippen LogP contribution in [-0.2, 0) is 9.84 Å². The van der Waals surface area contributed by atoms with Crippen LogP contribution in [-0.4, -0.2) is 25.7 Å². The van der Waals surface area contributed by atoms with E-state index in [-0.39, 0.29) is 23.2 Å². The van der Waals surface area contributed by atoms with Crippen LogP contribution in [0.2, 0.25) is 0 Å². The standard InChI is InChI=1S/C14H20O3S/c1-3-18(16,17)11-7-8-12(2)14(15)13-9-5-4-6-10-13/h4-6,9-10,12H,3,7-8,11H2,1-2H3. The van der Waals surface area contributed by atoms with Crippen molar-refractivity contribution in [3.8, 4) is 0 Å². The fourth-order valence-corrected chi connectivity index (χ4v) is 2.67. The summed E-state index contributed by atoms with van der Waals surface area (Å²) in [4.78, 5) is 12.0. The third-order valence-corrected chi connectivity index (χ3v) is 4.83. The number of hydrogen-bond acceptors (Lipinski definition) is 3. The van der Waals surface area contributed by atoms with Gasteiger partial charge in [0.1, 0.15) is 9.84 Å². The highest BCUT2D eigenvalue weighted by atomic mass is 32.2. The molecule has 1 aromatic carbocycles. The van der Waals surface area contributed by atoms with Crippen LogP contribution in [0, 0.1) is 5.92 Å². The molecule has 0 N–H and O–H groups in total. The second kappa shape index (κ2) is 6.69. The van der Waals surface area contributed by atoms with E-state index in [1.807, 2.05) is 25.1 Å². The van der Waals surface area contributed by atoms with Crippen molar-refractivity contribution in [3.05, 3.63) is 35.9 Å². The molecule has 18 heavy (non-hydrogen) atoms. The average molecular weight is 268 g/mol. The van der Waals surface area contributed by atoms with E-state index in [9.17, 15) is 13.2 Å². The van der Waals surface area contributed by atoms with Crippen molar-refractivity contribution in [1.29, 1.82) is 0 Å². The van der Waals surface area contributed by atoms with Crippen LogP contribution in [0.3, 0.4) is 0 Å². The molecule has 1 aromatic rings. The Morgan fingerprint density at radius 3 is 2.39 bits per heavy atom. The molecule has 1 atom stereocenters. The zero-order chi connectivity index (χ0) is 13.6. The molecule has 0 heterocycles. The monoisotopic (exact) mass is 268 g/mol. The normalized spacial score (nSPS) is 13.2. The number of sulfone groups is 1. The zero-order valence-electron chi connectivity index (χ0n) is 10.9. The second-order valence-corrected chi connectivity index (χ2v) is 6.98. The molecule has 0 bridgehead atoms. The number of carbonyl (C=O) groups is 1. The van der Waals surface area contributed by atoms with Gasteiger partial charge in [-0.05, 0) is 12.8 Å².